The molecule has 6 nitrogen and oxygen atoms in total. The van der Waals surface area contributed by atoms with Crippen LogP contribution in [-0.4, -0.2) is 28.9 Å². The van der Waals surface area contributed by atoms with Crippen molar-refractivity contribution in [3.8, 4) is 0 Å². The molecular formula is C14H21N3O3. The van der Waals surface area contributed by atoms with E-state index in [1.807, 2.05) is 13.8 Å². The first-order chi connectivity index (χ1) is 9.51. The number of carbonyl (C=O) groups excluding carboxylic acids is 1. The highest BCUT2D eigenvalue weighted by Crippen LogP contribution is 2.27. The number of rotatable bonds is 6. The molecule has 20 heavy (non-hydrogen) atoms. The van der Waals surface area contributed by atoms with Crippen LogP contribution in [-0.2, 0) is 0 Å². The zero-order valence-corrected chi connectivity index (χ0v) is 12.2. The summed E-state index contributed by atoms with van der Waals surface area (Å²) in [6.45, 7) is 7.00. The number of anilines is 1. The van der Waals surface area contributed by atoms with E-state index >= 15 is 0 Å². The molecule has 0 spiro atoms. The predicted octanol–water partition coefficient (Wildman–Crippen LogP) is 3.56. The Morgan fingerprint density at radius 2 is 1.90 bits per heavy atom. The van der Waals surface area contributed by atoms with Crippen LogP contribution in [0.4, 0.5) is 16.2 Å². The van der Waals surface area contributed by atoms with Gasteiger partial charge in [0.05, 0.1) is 4.92 Å². The van der Waals surface area contributed by atoms with E-state index in [0.29, 0.717) is 18.7 Å². The molecule has 1 aromatic carbocycles. The van der Waals surface area contributed by atoms with Gasteiger partial charge >= 0.3 is 6.03 Å². The number of nitro benzene ring substituents is 1. The van der Waals surface area contributed by atoms with Gasteiger partial charge in [-0.1, -0.05) is 26.0 Å². The van der Waals surface area contributed by atoms with Gasteiger partial charge in [0.1, 0.15) is 5.69 Å². The van der Waals surface area contributed by atoms with Crippen LogP contribution in [0.5, 0.6) is 0 Å². The monoisotopic (exact) mass is 279 g/mol. The van der Waals surface area contributed by atoms with Gasteiger partial charge in [-0.05, 0) is 25.3 Å². The Morgan fingerprint density at radius 3 is 2.40 bits per heavy atom. The Hall–Kier alpha value is -2.11. The van der Waals surface area contributed by atoms with Crippen molar-refractivity contribution < 1.29 is 9.72 Å². The van der Waals surface area contributed by atoms with E-state index in [9.17, 15) is 14.9 Å². The van der Waals surface area contributed by atoms with Crippen molar-refractivity contribution in [2.75, 3.05) is 18.4 Å². The fourth-order valence-electron chi connectivity index (χ4n) is 2.01. The number of benzene rings is 1. The second-order valence-electron chi connectivity index (χ2n) is 4.64. The van der Waals surface area contributed by atoms with Crippen LogP contribution in [0.3, 0.4) is 0 Å². The van der Waals surface area contributed by atoms with E-state index in [1.165, 1.54) is 6.07 Å². The molecule has 0 atom stereocenters. The molecule has 0 saturated heterocycles. The summed E-state index contributed by atoms with van der Waals surface area (Å²) in [5.41, 5.74) is 0.881. The van der Waals surface area contributed by atoms with Crippen molar-refractivity contribution in [1.29, 1.82) is 0 Å². The van der Waals surface area contributed by atoms with E-state index in [4.69, 9.17) is 0 Å². The normalized spacial score (nSPS) is 10.2. The number of nitrogens with one attached hydrogen (secondary N) is 1. The van der Waals surface area contributed by atoms with Gasteiger partial charge in [0.2, 0.25) is 0 Å². The number of carbonyl (C=O) groups is 1. The lowest BCUT2D eigenvalue weighted by Gasteiger charge is -2.22. The van der Waals surface area contributed by atoms with Crippen molar-refractivity contribution in [2.24, 2.45) is 0 Å². The SMILES string of the molecule is CCCN(CCC)C(=O)Nc1c(C)cccc1[N+](=O)[O-]. The Balaban J connectivity index is 2.97. The number of aryl methyl sites for hydroxylation is 1. The molecule has 110 valence electrons. The van der Waals surface area contributed by atoms with Crippen molar-refractivity contribution in [3.63, 3.8) is 0 Å². The number of hydrogen-bond acceptors (Lipinski definition) is 3. The molecule has 0 unspecified atom stereocenters. The topological polar surface area (TPSA) is 75.5 Å². The largest absolute Gasteiger partial charge is 0.325 e. The minimum Gasteiger partial charge on any atom is -0.325 e. The lowest BCUT2D eigenvalue weighted by Crippen LogP contribution is -2.36. The second kappa shape index (κ2) is 7.47. The number of para-hydroxylation sites is 1. The molecule has 0 aromatic heterocycles. The number of amides is 2. The minimum absolute atomic E-state index is 0.0775. The summed E-state index contributed by atoms with van der Waals surface area (Å²) in [6, 6.07) is 4.46. The molecule has 0 fully saturated rings. The second-order valence-corrected chi connectivity index (χ2v) is 4.64. The highest BCUT2D eigenvalue weighted by atomic mass is 16.6. The molecule has 0 saturated carbocycles. The Morgan fingerprint density at radius 1 is 1.30 bits per heavy atom. The number of nitro groups is 1. The van der Waals surface area contributed by atoms with E-state index < -0.39 is 4.92 Å². The Labute approximate surface area is 118 Å². The third-order valence-electron chi connectivity index (χ3n) is 2.95. The fraction of sp³-hybridized carbons (Fsp3) is 0.500. The molecular weight excluding hydrogens is 258 g/mol. The van der Waals surface area contributed by atoms with Gasteiger partial charge < -0.3 is 10.2 Å². The zero-order valence-electron chi connectivity index (χ0n) is 12.2. The van der Waals surface area contributed by atoms with Gasteiger partial charge in [-0.25, -0.2) is 4.79 Å². The van der Waals surface area contributed by atoms with Crippen LogP contribution in [0.15, 0.2) is 18.2 Å². The molecule has 2 amide bonds. The molecule has 0 aliphatic heterocycles. The van der Waals surface area contributed by atoms with Gasteiger partial charge in [-0.2, -0.15) is 0 Å². The zero-order chi connectivity index (χ0) is 15.1. The standard InChI is InChI=1S/C14H21N3O3/c1-4-9-16(10-5-2)14(18)15-13-11(3)7-6-8-12(13)17(19)20/h6-8H,4-5,9-10H2,1-3H3,(H,15,18). The summed E-state index contributed by atoms with van der Waals surface area (Å²) in [4.78, 5) is 24.4. The summed E-state index contributed by atoms with van der Waals surface area (Å²) in [6.07, 6.45) is 1.70. The van der Waals surface area contributed by atoms with Crippen LogP contribution in [0, 0.1) is 17.0 Å². The van der Waals surface area contributed by atoms with Crippen LogP contribution >= 0.6 is 0 Å². The number of hydrogen-bond donors (Lipinski definition) is 1. The lowest BCUT2D eigenvalue weighted by molar-refractivity contribution is -0.384. The molecule has 1 aromatic rings. The van der Waals surface area contributed by atoms with E-state index in [2.05, 4.69) is 5.32 Å². The molecule has 0 heterocycles. The van der Waals surface area contributed by atoms with Gasteiger partial charge in [0, 0.05) is 19.2 Å². The van der Waals surface area contributed by atoms with Crippen LogP contribution in [0.25, 0.3) is 0 Å². The quantitative estimate of drug-likeness (QED) is 0.639. The molecule has 1 rings (SSSR count). The molecule has 0 aliphatic rings. The average molecular weight is 279 g/mol. The summed E-state index contributed by atoms with van der Waals surface area (Å²) in [5.74, 6) is 0. The summed E-state index contributed by atoms with van der Waals surface area (Å²) in [7, 11) is 0. The maximum Gasteiger partial charge on any atom is 0.322 e. The van der Waals surface area contributed by atoms with E-state index in [-0.39, 0.29) is 17.4 Å². The van der Waals surface area contributed by atoms with E-state index in [0.717, 1.165) is 12.8 Å². The smallest absolute Gasteiger partial charge is 0.322 e. The van der Waals surface area contributed by atoms with Crippen molar-refractivity contribution in [3.05, 3.63) is 33.9 Å². The molecule has 1 N–H and O–H groups in total. The first kappa shape index (κ1) is 15.9. The molecule has 0 radical (unpaired) electrons. The summed E-state index contributed by atoms with van der Waals surface area (Å²) < 4.78 is 0. The van der Waals surface area contributed by atoms with Crippen molar-refractivity contribution >= 4 is 17.4 Å². The Kier molecular flexibility index (Phi) is 5.96. The maximum atomic E-state index is 12.2. The fourth-order valence-corrected chi connectivity index (χ4v) is 2.01. The molecule has 0 aliphatic carbocycles. The minimum atomic E-state index is -0.480. The van der Waals surface area contributed by atoms with Crippen LogP contribution in [0.2, 0.25) is 0 Å². The first-order valence-corrected chi connectivity index (χ1v) is 6.81. The highest BCUT2D eigenvalue weighted by Gasteiger charge is 2.20. The van der Waals surface area contributed by atoms with Gasteiger partial charge in [-0.3, -0.25) is 10.1 Å². The lowest BCUT2D eigenvalue weighted by atomic mass is 10.1. The van der Waals surface area contributed by atoms with E-state index in [1.54, 1.807) is 24.0 Å². The van der Waals surface area contributed by atoms with Gasteiger partial charge in [0.15, 0.2) is 0 Å². The average Bonchev–Trinajstić information content (AvgIpc) is 2.40. The summed E-state index contributed by atoms with van der Waals surface area (Å²) >= 11 is 0. The van der Waals surface area contributed by atoms with Gasteiger partial charge in [-0.15, -0.1) is 0 Å². The summed E-state index contributed by atoms with van der Waals surface area (Å²) in [5, 5.41) is 13.7. The third kappa shape index (κ3) is 3.94. The Bertz CT molecular complexity index is 483. The maximum absolute atomic E-state index is 12.2. The number of nitrogens with zero attached hydrogens (tertiary/aromatic N) is 2. The van der Waals surface area contributed by atoms with Crippen molar-refractivity contribution in [2.45, 2.75) is 33.6 Å². The molecule has 0 bridgehead atoms. The van der Waals surface area contributed by atoms with Gasteiger partial charge in [0.25, 0.3) is 5.69 Å². The third-order valence-corrected chi connectivity index (χ3v) is 2.95. The number of urea groups is 1. The first-order valence-electron chi connectivity index (χ1n) is 6.81. The van der Waals surface area contributed by atoms with Crippen LogP contribution in [0.1, 0.15) is 32.3 Å². The van der Waals surface area contributed by atoms with Crippen molar-refractivity contribution in [1.82, 2.24) is 4.90 Å². The molecule has 6 heteroatoms. The highest BCUT2D eigenvalue weighted by molar-refractivity contribution is 5.92. The predicted molar refractivity (Wildman–Crippen MR) is 79.0 cm³/mol. The van der Waals surface area contributed by atoms with Crippen LogP contribution < -0.4 is 5.32 Å².